The first-order valence-electron chi connectivity index (χ1n) is 5.60. The minimum Gasteiger partial charge on any atom is -0.260 e. The van der Waals surface area contributed by atoms with E-state index in [-0.39, 0.29) is 4.90 Å². The largest absolute Gasteiger partial charge is 0.260 e. The van der Waals surface area contributed by atoms with E-state index in [0.29, 0.717) is 5.56 Å². The number of nitrogens with zero attached hydrogens (tertiary/aromatic N) is 2. The molecule has 7 heteroatoms. The van der Waals surface area contributed by atoms with Gasteiger partial charge in [-0.05, 0) is 11.6 Å². The lowest BCUT2D eigenvalue weighted by Crippen LogP contribution is -2.28. The summed E-state index contributed by atoms with van der Waals surface area (Å²) in [4.78, 5) is 3.15. The first kappa shape index (κ1) is 14.1. The summed E-state index contributed by atoms with van der Waals surface area (Å²) in [5.74, 6) is -0.763. The molecule has 0 aliphatic rings. The topological polar surface area (TPSA) is 82.9 Å². The molecule has 102 valence electrons. The highest BCUT2D eigenvalue weighted by Gasteiger charge is 2.21. The van der Waals surface area contributed by atoms with E-state index < -0.39 is 21.9 Å². The van der Waals surface area contributed by atoms with E-state index in [1.165, 1.54) is 0 Å². The summed E-state index contributed by atoms with van der Waals surface area (Å²) in [6.07, 6.45) is 1.92. The lowest BCUT2D eigenvalue weighted by atomic mass is 10.1. The Kier molecular flexibility index (Phi) is 4.08. The summed E-state index contributed by atoms with van der Waals surface area (Å²) in [5.41, 5.74) is 0.503. The number of nitrogens with one attached hydrogen (secondary N) is 1. The Morgan fingerprint density at radius 2 is 1.95 bits per heavy atom. The highest BCUT2D eigenvalue weighted by Crippen LogP contribution is 2.16. The third-order valence-electron chi connectivity index (χ3n) is 2.53. The van der Waals surface area contributed by atoms with Gasteiger partial charge in [0.2, 0.25) is 10.0 Å². The van der Waals surface area contributed by atoms with Gasteiger partial charge in [0.25, 0.3) is 0 Å². The number of benzene rings is 1. The van der Waals surface area contributed by atoms with Crippen molar-refractivity contribution >= 4 is 10.0 Å². The van der Waals surface area contributed by atoms with Gasteiger partial charge in [-0.2, -0.15) is 9.98 Å². The monoisotopic (exact) mass is 291 g/mol. The van der Waals surface area contributed by atoms with Gasteiger partial charge < -0.3 is 0 Å². The van der Waals surface area contributed by atoms with E-state index in [2.05, 4.69) is 9.71 Å². The number of halogens is 1. The van der Waals surface area contributed by atoms with E-state index >= 15 is 0 Å². The molecule has 1 N–H and O–H groups in total. The van der Waals surface area contributed by atoms with Crippen LogP contribution in [-0.4, -0.2) is 13.4 Å². The second-order valence-corrected chi connectivity index (χ2v) is 5.65. The van der Waals surface area contributed by atoms with Crippen LogP contribution in [0.25, 0.3) is 0 Å². The molecule has 0 aliphatic carbocycles. The molecule has 0 fully saturated rings. The van der Waals surface area contributed by atoms with Gasteiger partial charge in [-0.1, -0.05) is 30.3 Å². The lowest BCUT2D eigenvalue weighted by Gasteiger charge is -2.12. The smallest absolute Gasteiger partial charge is 0.243 e. The molecule has 1 unspecified atom stereocenters. The molecular weight excluding hydrogens is 281 g/mol. The van der Waals surface area contributed by atoms with Crippen molar-refractivity contribution in [2.45, 2.75) is 10.9 Å². The molecule has 1 atom stereocenters. The predicted octanol–water partition coefficient (Wildman–Crippen LogP) is 1.76. The zero-order chi connectivity index (χ0) is 14.6. The maximum atomic E-state index is 13.0. The van der Waals surface area contributed by atoms with Gasteiger partial charge in [0.15, 0.2) is 0 Å². The average Bonchev–Trinajstić information content (AvgIpc) is 2.46. The summed E-state index contributed by atoms with van der Waals surface area (Å²) >= 11 is 0. The summed E-state index contributed by atoms with van der Waals surface area (Å²) in [5, 5.41) is 9.08. The standard InChI is InChI=1S/C13H10FN3O2S/c14-11-6-12(9-16-8-11)20(18,19)17-13(7-15)10-4-2-1-3-5-10/h1-6,8-9,13,17H. The predicted molar refractivity (Wildman–Crippen MR) is 69.3 cm³/mol. The van der Waals surface area contributed by atoms with Crippen molar-refractivity contribution in [3.05, 3.63) is 60.2 Å². The summed E-state index contributed by atoms with van der Waals surface area (Å²) in [7, 11) is -4.02. The molecule has 5 nitrogen and oxygen atoms in total. The van der Waals surface area contributed by atoms with Crippen LogP contribution >= 0.6 is 0 Å². The molecule has 2 aromatic rings. The Labute approximate surface area is 115 Å². The summed E-state index contributed by atoms with van der Waals surface area (Å²) in [6, 6.07) is 10.0. The second-order valence-electron chi connectivity index (χ2n) is 3.93. The van der Waals surface area contributed by atoms with Crippen LogP contribution in [0, 0.1) is 17.1 Å². The second kappa shape index (κ2) is 5.77. The number of rotatable bonds is 4. The van der Waals surface area contributed by atoms with E-state index in [0.717, 1.165) is 18.5 Å². The van der Waals surface area contributed by atoms with Crippen molar-refractivity contribution in [2.24, 2.45) is 0 Å². The van der Waals surface area contributed by atoms with Crippen molar-refractivity contribution in [1.82, 2.24) is 9.71 Å². The van der Waals surface area contributed by atoms with Gasteiger partial charge in [-0.15, -0.1) is 0 Å². The fourth-order valence-electron chi connectivity index (χ4n) is 1.58. The van der Waals surface area contributed by atoms with Crippen LogP contribution in [0.4, 0.5) is 4.39 Å². The maximum Gasteiger partial charge on any atom is 0.243 e. The van der Waals surface area contributed by atoms with Crippen molar-refractivity contribution in [3.8, 4) is 6.07 Å². The average molecular weight is 291 g/mol. The van der Waals surface area contributed by atoms with Crippen molar-refractivity contribution < 1.29 is 12.8 Å². The van der Waals surface area contributed by atoms with E-state index in [9.17, 15) is 12.8 Å². The maximum absolute atomic E-state index is 13.0. The molecule has 0 saturated heterocycles. The SMILES string of the molecule is N#CC(NS(=O)(=O)c1cncc(F)c1)c1ccccc1. The fourth-order valence-corrected chi connectivity index (χ4v) is 2.68. The highest BCUT2D eigenvalue weighted by molar-refractivity contribution is 7.89. The molecule has 0 aliphatic heterocycles. The molecule has 1 aromatic heterocycles. The Hall–Kier alpha value is -2.30. The third kappa shape index (κ3) is 3.17. The number of aromatic nitrogens is 1. The third-order valence-corrected chi connectivity index (χ3v) is 3.91. The number of nitriles is 1. The van der Waals surface area contributed by atoms with Gasteiger partial charge in [-0.25, -0.2) is 12.8 Å². The quantitative estimate of drug-likeness (QED) is 0.930. The van der Waals surface area contributed by atoms with Gasteiger partial charge in [-0.3, -0.25) is 4.98 Å². The fraction of sp³-hybridized carbons (Fsp3) is 0.0769. The van der Waals surface area contributed by atoms with Crippen LogP contribution in [0.2, 0.25) is 0 Å². The number of hydrogen-bond acceptors (Lipinski definition) is 4. The Balaban J connectivity index is 2.30. The van der Waals surface area contributed by atoms with Crippen LogP contribution in [0.15, 0.2) is 53.7 Å². The number of hydrogen-bond donors (Lipinski definition) is 1. The first-order chi connectivity index (χ1) is 9.53. The molecule has 0 amide bonds. The number of pyridine rings is 1. The summed E-state index contributed by atoms with van der Waals surface area (Å²) in [6.45, 7) is 0. The van der Waals surface area contributed by atoms with Crippen LogP contribution in [-0.2, 0) is 10.0 Å². The molecular formula is C13H10FN3O2S. The van der Waals surface area contributed by atoms with Crippen LogP contribution in [0.5, 0.6) is 0 Å². The zero-order valence-corrected chi connectivity index (χ0v) is 11.0. The number of sulfonamides is 1. The van der Waals surface area contributed by atoms with Crippen molar-refractivity contribution in [2.75, 3.05) is 0 Å². The summed E-state index contributed by atoms with van der Waals surface area (Å²) < 4.78 is 39.3. The minimum atomic E-state index is -4.02. The molecule has 1 heterocycles. The first-order valence-corrected chi connectivity index (χ1v) is 7.09. The van der Waals surface area contributed by atoms with Gasteiger partial charge in [0.05, 0.1) is 12.3 Å². The molecule has 0 spiro atoms. The Bertz CT molecular complexity index is 742. The lowest BCUT2D eigenvalue weighted by molar-refractivity contribution is 0.570. The zero-order valence-electron chi connectivity index (χ0n) is 10.2. The van der Waals surface area contributed by atoms with Gasteiger partial charge in [0.1, 0.15) is 16.8 Å². The minimum absolute atomic E-state index is 0.325. The molecule has 0 bridgehead atoms. The van der Waals surface area contributed by atoms with Crippen molar-refractivity contribution in [3.63, 3.8) is 0 Å². The van der Waals surface area contributed by atoms with E-state index in [4.69, 9.17) is 5.26 Å². The van der Waals surface area contributed by atoms with E-state index in [1.54, 1.807) is 30.3 Å². The molecule has 0 saturated carbocycles. The van der Waals surface area contributed by atoms with Crippen LogP contribution in [0.1, 0.15) is 11.6 Å². The van der Waals surface area contributed by atoms with Gasteiger partial charge in [0, 0.05) is 6.20 Å². The highest BCUT2D eigenvalue weighted by atomic mass is 32.2. The molecule has 0 radical (unpaired) electrons. The van der Waals surface area contributed by atoms with Crippen LogP contribution in [0.3, 0.4) is 0 Å². The van der Waals surface area contributed by atoms with Crippen molar-refractivity contribution in [1.29, 1.82) is 5.26 Å². The Morgan fingerprint density at radius 1 is 1.25 bits per heavy atom. The molecule has 1 aromatic carbocycles. The normalized spacial score (nSPS) is 12.6. The van der Waals surface area contributed by atoms with E-state index in [1.807, 2.05) is 6.07 Å². The molecule has 20 heavy (non-hydrogen) atoms. The Morgan fingerprint density at radius 3 is 2.55 bits per heavy atom. The molecule has 2 rings (SSSR count). The van der Waals surface area contributed by atoms with Gasteiger partial charge >= 0.3 is 0 Å². The van der Waals surface area contributed by atoms with Crippen LogP contribution < -0.4 is 4.72 Å².